The summed E-state index contributed by atoms with van der Waals surface area (Å²) in [6.07, 6.45) is 3.67. The van der Waals surface area contributed by atoms with E-state index in [1.54, 1.807) is 28.3 Å². The number of carbonyl (C=O) groups excluding carboxylic acids is 1. The highest BCUT2D eigenvalue weighted by Crippen LogP contribution is 2.26. The number of rotatable bonds is 5. The van der Waals surface area contributed by atoms with Gasteiger partial charge in [-0.25, -0.2) is 9.67 Å². The number of amides is 1. The van der Waals surface area contributed by atoms with Crippen LogP contribution in [0.15, 0.2) is 54.9 Å². The van der Waals surface area contributed by atoms with Gasteiger partial charge in [0.1, 0.15) is 5.69 Å². The van der Waals surface area contributed by atoms with Crippen LogP contribution in [0, 0.1) is 13.8 Å². The number of nitrogens with two attached hydrogens (primary N) is 1. The number of nitrogens with one attached hydrogen (secondary N) is 1. The molecule has 158 valence electrons. The van der Waals surface area contributed by atoms with E-state index in [2.05, 4.69) is 20.6 Å². The molecule has 0 aliphatic rings. The molecule has 0 aliphatic carbocycles. The smallest absolute Gasteiger partial charge is 0.255 e. The van der Waals surface area contributed by atoms with Gasteiger partial charge >= 0.3 is 0 Å². The second-order valence-corrected chi connectivity index (χ2v) is 9.28. The molecule has 0 bridgehead atoms. The first-order chi connectivity index (χ1) is 14.7. The largest absolute Gasteiger partial charge is 0.322 e. The van der Waals surface area contributed by atoms with Crippen molar-refractivity contribution in [1.29, 1.82) is 0 Å². The summed E-state index contributed by atoms with van der Waals surface area (Å²) < 4.78 is 1.72. The van der Waals surface area contributed by atoms with Gasteiger partial charge in [-0.2, -0.15) is 0 Å². The third-order valence-electron chi connectivity index (χ3n) is 4.95. The zero-order valence-electron chi connectivity index (χ0n) is 17.9. The van der Waals surface area contributed by atoms with Crippen molar-refractivity contribution in [3.05, 3.63) is 76.6 Å². The highest BCUT2D eigenvalue weighted by atomic mass is 32.1. The summed E-state index contributed by atoms with van der Waals surface area (Å²) in [7, 11) is 0. The lowest BCUT2D eigenvalue weighted by atomic mass is 9.94. The van der Waals surface area contributed by atoms with Gasteiger partial charge in [0.2, 0.25) is 0 Å². The van der Waals surface area contributed by atoms with Crippen molar-refractivity contribution in [3.63, 3.8) is 0 Å². The van der Waals surface area contributed by atoms with E-state index in [1.165, 1.54) is 0 Å². The summed E-state index contributed by atoms with van der Waals surface area (Å²) >= 11 is 1.57. The number of benzene rings is 2. The molecule has 2 aromatic heterocycles. The van der Waals surface area contributed by atoms with Crippen LogP contribution < -0.4 is 11.1 Å². The highest BCUT2D eigenvalue weighted by Gasteiger charge is 2.17. The van der Waals surface area contributed by atoms with Crippen molar-refractivity contribution in [2.24, 2.45) is 5.73 Å². The molecule has 8 heteroatoms. The molecule has 2 heterocycles. The third kappa shape index (κ3) is 4.55. The molecule has 0 saturated heterocycles. The van der Waals surface area contributed by atoms with E-state index in [9.17, 15) is 4.79 Å². The van der Waals surface area contributed by atoms with Crippen LogP contribution in [-0.4, -0.2) is 25.9 Å². The molecule has 0 atom stereocenters. The van der Waals surface area contributed by atoms with Gasteiger partial charge in [0.15, 0.2) is 0 Å². The van der Waals surface area contributed by atoms with Gasteiger partial charge in [-0.05, 0) is 63.1 Å². The fraction of sp³-hybridized carbons (Fsp3) is 0.217. The standard InChI is InChI=1S/C23H24N6OS/c1-14-8-9-18(26-22(30)16-6-5-7-17(10-16)23(3,4)24)11-20(14)29-13-19(27-28-29)21-12-25-15(2)31-21/h5-13H,24H2,1-4H3,(H,26,30). The topological polar surface area (TPSA) is 98.7 Å². The van der Waals surface area contributed by atoms with Gasteiger partial charge in [0.25, 0.3) is 5.91 Å². The van der Waals surface area contributed by atoms with Crippen molar-refractivity contribution in [1.82, 2.24) is 20.0 Å². The Balaban J connectivity index is 1.59. The van der Waals surface area contributed by atoms with Gasteiger partial charge in [0.05, 0.1) is 21.8 Å². The summed E-state index contributed by atoms with van der Waals surface area (Å²) in [6.45, 7) is 7.78. The summed E-state index contributed by atoms with van der Waals surface area (Å²) in [5.41, 5.74) is 10.4. The van der Waals surface area contributed by atoms with Crippen molar-refractivity contribution >= 4 is 22.9 Å². The molecule has 0 fully saturated rings. The Morgan fingerprint density at radius 1 is 1.16 bits per heavy atom. The lowest BCUT2D eigenvalue weighted by molar-refractivity contribution is 0.102. The fourth-order valence-corrected chi connectivity index (χ4v) is 3.90. The van der Waals surface area contributed by atoms with Crippen molar-refractivity contribution in [3.8, 4) is 16.3 Å². The number of hydrogen-bond donors (Lipinski definition) is 2. The van der Waals surface area contributed by atoms with Crippen LogP contribution in [-0.2, 0) is 5.54 Å². The second kappa shape index (κ2) is 8.05. The molecular formula is C23H24N6OS. The molecule has 1 amide bonds. The average Bonchev–Trinajstić information content (AvgIpc) is 3.38. The molecule has 0 aliphatic heterocycles. The highest BCUT2D eigenvalue weighted by molar-refractivity contribution is 7.15. The summed E-state index contributed by atoms with van der Waals surface area (Å²) in [6, 6.07) is 13.1. The van der Waals surface area contributed by atoms with E-state index in [-0.39, 0.29) is 5.91 Å². The van der Waals surface area contributed by atoms with Gasteiger partial charge < -0.3 is 11.1 Å². The van der Waals surface area contributed by atoms with Gasteiger partial charge in [-0.1, -0.05) is 23.4 Å². The van der Waals surface area contributed by atoms with E-state index in [1.807, 2.05) is 70.3 Å². The Kier molecular flexibility index (Phi) is 5.43. The maximum atomic E-state index is 12.8. The first-order valence-corrected chi connectivity index (χ1v) is 10.7. The first kappa shape index (κ1) is 20.9. The fourth-order valence-electron chi connectivity index (χ4n) is 3.17. The second-order valence-electron chi connectivity index (χ2n) is 8.05. The molecule has 0 unspecified atom stereocenters. The number of aryl methyl sites for hydroxylation is 2. The molecule has 7 nitrogen and oxygen atoms in total. The lowest BCUT2D eigenvalue weighted by Gasteiger charge is -2.19. The maximum Gasteiger partial charge on any atom is 0.255 e. The molecule has 0 radical (unpaired) electrons. The predicted molar refractivity (Wildman–Crippen MR) is 124 cm³/mol. The van der Waals surface area contributed by atoms with E-state index >= 15 is 0 Å². The quantitative estimate of drug-likeness (QED) is 0.485. The van der Waals surface area contributed by atoms with Crippen LogP contribution in [0.1, 0.15) is 40.3 Å². The summed E-state index contributed by atoms with van der Waals surface area (Å²) in [4.78, 5) is 18.1. The van der Waals surface area contributed by atoms with E-state index in [4.69, 9.17) is 5.73 Å². The number of nitrogens with zero attached hydrogens (tertiary/aromatic N) is 4. The molecule has 31 heavy (non-hydrogen) atoms. The van der Waals surface area contributed by atoms with E-state index < -0.39 is 5.54 Å². The molecular weight excluding hydrogens is 408 g/mol. The SMILES string of the molecule is Cc1ncc(-c2cn(-c3cc(NC(=O)c4cccc(C(C)(C)N)c4)ccc3C)nn2)s1. The molecule has 0 spiro atoms. The number of aromatic nitrogens is 4. The molecule has 4 rings (SSSR count). The average molecular weight is 433 g/mol. The third-order valence-corrected chi connectivity index (χ3v) is 5.88. The Labute approximate surface area is 184 Å². The number of carbonyl (C=O) groups is 1. The Morgan fingerprint density at radius 2 is 1.97 bits per heavy atom. The van der Waals surface area contributed by atoms with Crippen LogP contribution in [0.2, 0.25) is 0 Å². The molecule has 2 aromatic carbocycles. The van der Waals surface area contributed by atoms with Crippen molar-refractivity contribution in [2.45, 2.75) is 33.2 Å². The van der Waals surface area contributed by atoms with E-state index in [0.29, 0.717) is 11.3 Å². The summed E-state index contributed by atoms with van der Waals surface area (Å²) in [5, 5.41) is 12.5. The molecule has 0 saturated carbocycles. The van der Waals surface area contributed by atoms with Crippen LogP contribution in [0.4, 0.5) is 5.69 Å². The zero-order chi connectivity index (χ0) is 22.2. The minimum absolute atomic E-state index is 0.194. The minimum Gasteiger partial charge on any atom is -0.322 e. The Hall–Kier alpha value is -3.36. The van der Waals surface area contributed by atoms with Crippen LogP contribution in [0.5, 0.6) is 0 Å². The van der Waals surface area contributed by atoms with Gasteiger partial charge in [-0.15, -0.1) is 16.4 Å². The van der Waals surface area contributed by atoms with E-state index in [0.717, 1.165) is 32.4 Å². The first-order valence-electron chi connectivity index (χ1n) is 9.88. The van der Waals surface area contributed by atoms with Crippen LogP contribution >= 0.6 is 11.3 Å². The zero-order valence-corrected chi connectivity index (χ0v) is 18.7. The van der Waals surface area contributed by atoms with Crippen molar-refractivity contribution in [2.75, 3.05) is 5.32 Å². The number of anilines is 1. The summed E-state index contributed by atoms with van der Waals surface area (Å²) in [5.74, 6) is -0.194. The van der Waals surface area contributed by atoms with Crippen molar-refractivity contribution < 1.29 is 4.79 Å². The monoisotopic (exact) mass is 432 g/mol. The minimum atomic E-state index is -0.519. The maximum absolute atomic E-state index is 12.8. The van der Waals surface area contributed by atoms with Crippen LogP contribution in [0.3, 0.4) is 0 Å². The lowest BCUT2D eigenvalue weighted by Crippen LogP contribution is -2.29. The van der Waals surface area contributed by atoms with Gasteiger partial charge in [0, 0.05) is 23.0 Å². The molecule has 4 aromatic rings. The van der Waals surface area contributed by atoms with Crippen LogP contribution in [0.25, 0.3) is 16.3 Å². The number of thiazole rings is 1. The predicted octanol–water partition coefficient (Wildman–Crippen LogP) is 4.45. The number of hydrogen-bond acceptors (Lipinski definition) is 6. The van der Waals surface area contributed by atoms with Gasteiger partial charge in [-0.3, -0.25) is 4.79 Å². The Bertz CT molecular complexity index is 1250. The normalized spacial score (nSPS) is 11.5. The molecule has 3 N–H and O–H groups in total. The Morgan fingerprint density at radius 3 is 2.68 bits per heavy atom.